The van der Waals surface area contributed by atoms with Crippen LogP contribution in [-0.4, -0.2) is 50.2 Å². The van der Waals surface area contributed by atoms with Crippen LogP contribution in [0, 0.1) is 19.8 Å². The van der Waals surface area contributed by atoms with E-state index < -0.39 is 0 Å². The van der Waals surface area contributed by atoms with Crippen molar-refractivity contribution in [3.05, 3.63) is 27.6 Å². The SMILES string of the molecule is Cc1noc(C)c1CN1C[C@H]2CC[C@@H](C1)N(Cc1snnc1C(C)C)C2. The Morgan fingerprint density at radius 3 is 2.73 bits per heavy atom. The van der Waals surface area contributed by atoms with Gasteiger partial charge in [0.25, 0.3) is 0 Å². The number of hydrogen-bond acceptors (Lipinski definition) is 7. The number of fused-ring (bicyclic) bond motifs is 4. The highest BCUT2D eigenvalue weighted by Crippen LogP contribution is 2.32. The van der Waals surface area contributed by atoms with Gasteiger partial charge in [-0.05, 0) is 50.1 Å². The third-order valence-corrected chi connectivity index (χ3v) is 6.67. The molecular formula is C19H29N5OS. The van der Waals surface area contributed by atoms with Crippen molar-refractivity contribution in [2.75, 3.05) is 19.6 Å². The summed E-state index contributed by atoms with van der Waals surface area (Å²) in [4.78, 5) is 6.65. The molecule has 0 unspecified atom stereocenters. The summed E-state index contributed by atoms with van der Waals surface area (Å²) >= 11 is 1.58. The zero-order chi connectivity index (χ0) is 18.3. The Morgan fingerprint density at radius 1 is 1.15 bits per heavy atom. The Bertz CT molecular complexity index is 735. The standard InChI is InChI=1S/C19H29N5OS/c1-12(2)19-18(26-22-20-19)11-24-8-15-5-6-16(24)9-23(7-15)10-17-13(3)21-25-14(17)4/h12,15-16H,5-11H2,1-4H3/t15-,16+/m1/s1. The number of hydrogen-bond donors (Lipinski definition) is 0. The maximum absolute atomic E-state index is 5.36. The van der Waals surface area contributed by atoms with E-state index in [2.05, 4.69) is 45.3 Å². The zero-order valence-corrected chi connectivity index (χ0v) is 17.1. The lowest BCUT2D eigenvalue weighted by Crippen LogP contribution is -2.43. The van der Waals surface area contributed by atoms with Crippen LogP contribution in [0.15, 0.2) is 4.52 Å². The Hall–Kier alpha value is -1.31. The van der Waals surface area contributed by atoms with Crippen molar-refractivity contribution in [2.24, 2.45) is 5.92 Å². The van der Waals surface area contributed by atoms with Crippen molar-refractivity contribution >= 4 is 11.5 Å². The van der Waals surface area contributed by atoms with Gasteiger partial charge in [-0.3, -0.25) is 9.80 Å². The quantitative estimate of drug-likeness (QED) is 0.799. The summed E-state index contributed by atoms with van der Waals surface area (Å²) in [5.74, 6) is 2.16. The molecule has 2 bridgehead atoms. The average molecular weight is 376 g/mol. The highest BCUT2D eigenvalue weighted by molar-refractivity contribution is 7.05. The lowest BCUT2D eigenvalue weighted by Gasteiger charge is -2.36. The first-order chi connectivity index (χ1) is 12.5. The van der Waals surface area contributed by atoms with E-state index in [0.717, 1.165) is 37.0 Å². The summed E-state index contributed by atoms with van der Waals surface area (Å²) in [6.45, 7) is 14.0. The topological polar surface area (TPSA) is 58.3 Å². The summed E-state index contributed by atoms with van der Waals surface area (Å²) in [5, 5.41) is 8.49. The molecule has 7 heteroatoms. The Morgan fingerprint density at radius 2 is 2.00 bits per heavy atom. The molecule has 6 nitrogen and oxygen atoms in total. The van der Waals surface area contributed by atoms with Crippen LogP contribution in [0.25, 0.3) is 0 Å². The van der Waals surface area contributed by atoms with Gasteiger partial charge in [-0.1, -0.05) is 23.5 Å². The van der Waals surface area contributed by atoms with Crippen molar-refractivity contribution < 1.29 is 4.52 Å². The molecule has 5 heterocycles. The molecule has 0 aliphatic carbocycles. The van der Waals surface area contributed by atoms with Crippen molar-refractivity contribution in [3.8, 4) is 0 Å². The molecule has 3 saturated heterocycles. The summed E-state index contributed by atoms with van der Waals surface area (Å²) in [5.41, 5.74) is 3.49. The highest BCUT2D eigenvalue weighted by atomic mass is 32.1. The van der Waals surface area contributed by atoms with Gasteiger partial charge in [0.2, 0.25) is 0 Å². The van der Waals surface area contributed by atoms with Crippen LogP contribution in [0.5, 0.6) is 0 Å². The van der Waals surface area contributed by atoms with Gasteiger partial charge in [0.05, 0.1) is 16.3 Å². The number of aryl methyl sites for hydroxylation is 2. The second-order valence-electron chi connectivity index (χ2n) is 8.26. The molecule has 5 rings (SSSR count). The maximum Gasteiger partial charge on any atom is 0.138 e. The van der Waals surface area contributed by atoms with Crippen molar-refractivity contribution in [1.82, 2.24) is 24.5 Å². The fourth-order valence-corrected chi connectivity index (χ4v) is 5.32. The van der Waals surface area contributed by atoms with E-state index in [-0.39, 0.29) is 0 Å². The number of piperidine rings is 1. The van der Waals surface area contributed by atoms with Crippen molar-refractivity contribution in [2.45, 2.75) is 65.6 Å². The molecule has 0 saturated carbocycles. The van der Waals surface area contributed by atoms with Crippen LogP contribution in [0.4, 0.5) is 0 Å². The van der Waals surface area contributed by atoms with Crippen molar-refractivity contribution in [3.63, 3.8) is 0 Å². The fourth-order valence-electron chi connectivity index (χ4n) is 4.50. The molecule has 2 atom stereocenters. The number of rotatable bonds is 5. The third-order valence-electron chi connectivity index (χ3n) is 5.94. The van der Waals surface area contributed by atoms with E-state index in [9.17, 15) is 0 Å². The van der Waals surface area contributed by atoms with Crippen LogP contribution in [-0.2, 0) is 13.1 Å². The first-order valence-electron chi connectivity index (χ1n) is 9.70. The predicted octanol–water partition coefficient (Wildman–Crippen LogP) is 3.36. The molecule has 2 aromatic heterocycles. The predicted molar refractivity (Wildman–Crippen MR) is 102 cm³/mol. The molecule has 0 aromatic carbocycles. The highest BCUT2D eigenvalue weighted by Gasteiger charge is 2.35. The van der Waals surface area contributed by atoms with E-state index in [0.29, 0.717) is 12.0 Å². The normalized spacial score (nSPS) is 24.5. The molecule has 0 amide bonds. The van der Waals surface area contributed by atoms with Crippen LogP contribution in [0.3, 0.4) is 0 Å². The molecule has 142 valence electrons. The average Bonchev–Trinajstić information content (AvgIpc) is 3.07. The number of nitrogens with zero attached hydrogens (tertiary/aromatic N) is 5. The van der Waals surface area contributed by atoms with E-state index >= 15 is 0 Å². The van der Waals surface area contributed by atoms with Crippen LogP contribution >= 0.6 is 11.5 Å². The molecule has 3 fully saturated rings. The molecule has 0 spiro atoms. The number of aromatic nitrogens is 3. The molecule has 2 aromatic rings. The van der Waals surface area contributed by atoms with Gasteiger partial charge in [0, 0.05) is 44.3 Å². The Labute approximate surface area is 159 Å². The molecule has 26 heavy (non-hydrogen) atoms. The minimum absolute atomic E-state index is 0.448. The van der Waals surface area contributed by atoms with Gasteiger partial charge in [-0.25, -0.2) is 0 Å². The minimum Gasteiger partial charge on any atom is -0.361 e. The third kappa shape index (κ3) is 3.57. The molecule has 0 radical (unpaired) electrons. The second kappa shape index (κ2) is 7.37. The lowest BCUT2D eigenvalue weighted by atomic mass is 9.95. The van der Waals surface area contributed by atoms with E-state index in [4.69, 9.17) is 4.52 Å². The van der Waals surface area contributed by atoms with Crippen molar-refractivity contribution in [1.29, 1.82) is 0 Å². The Balaban J connectivity index is 1.47. The van der Waals surface area contributed by atoms with Gasteiger partial charge < -0.3 is 4.52 Å². The molecule has 0 N–H and O–H groups in total. The van der Waals surface area contributed by atoms with Crippen LogP contribution in [0.2, 0.25) is 0 Å². The van der Waals surface area contributed by atoms with Gasteiger partial charge >= 0.3 is 0 Å². The molecular weight excluding hydrogens is 346 g/mol. The second-order valence-corrected chi connectivity index (χ2v) is 9.10. The summed E-state index contributed by atoms with van der Waals surface area (Å²) < 4.78 is 9.58. The van der Waals surface area contributed by atoms with Gasteiger partial charge in [-0.15, -0.1) is 5.10 Å². The molecule has 3 aliphatic heterocycles. The smallest absolute Gasteiger partial charge is 0.138 e. The van der Waals surface area contributed by atoms with E-state index in [1.165, 1.54) is 42.1 Å². The largest absolute Gasteiger partial charge is 0.361 e. The lowest BCUT2D eigenvalue weighted by molar-refractivity contribution is 0.124. The summed E-state index contributed by atoms with van der Waals surface area (Å²) in [6.07, 6.45) is 2.64. The van der Waals surface area contributed by atoms with Gasteiger partial charge in [0.15, 0.2) is 0 Å². The first-order valence-corrected chi connectivity index (χ1v) is 10.5. The summed E-state index contributed by atoms with van der Waals surface area (Å²) in [7, 11) is 0. The van der Waals surface area contributed by atoms with E-state index in [1.807, 2.05) is 6.92 Å². The summed E-state index contributed by atoms with van der Waals surface area (Å²) in [6, 6.07) is 0.622. The van der Waals surface area contributed by atoms with Crippen LogP contribution in [0.1, 0.15) is 60.2 Å². The first kappa shape index (κ1) is 18.1. The fraction of sp³-hybridized carbons (Fsp3) is 0.737. The van der Waals surface area contributed by atoms with Crippen LogP contribution < -0.4 is 0 Å². The molecule has 3 aliphatic rings. The van der Waals surface area contributed by atoms with Gasteiger partial charge in [0.1, 0.15) is 5.76 Å². The minimum atomic E-state index is 0.448. The zero-order valence-electron chi connectivity index (χ0n) is 16.2. The van der Waals surface area contributed by atoms with E-state index in [1.54, 1.807) is 11.5 Å². The maximum atomic E-state index is 5.36. The Kier molecular flexibility index (Phi) is 5.12. The van der Waals surface area contributed by atoms with Gasteiger partial charge in [-0.2, -0.15) is 0 Å². The monoisotopic (exact) mass is 375 g/mol.